The molecule has 0 rings (SSSR count). The summed E-state index contributed by atoms with van der Waals surface area (Å²) in [7, 11) is 0. The second kappa shape index (κ2) is 4.45. The molecule has 0 saturated carbocycles. The number of hydrogen-bond donors (Lipinski definition) is 0. The minimum atomic E-state index is -1.08. The molecule has 0 aromatic rings. The average molecular weight is 157 g/mol. The van der Waals surface area contributed by atoms with Crippen molar-refractivity contribution in [1.29, 1.82) is 5.26 Å². The van der Waals surface area contributed by atoms with Crippen LogP contribution in [0.5, 0.6) is 0 Å². The molecular weight excluding hydrogens is 149 g/mol. The molecule has 0 unspecified atom stereocenters. The predicted octanol–water partition coefficient (Wildman–Crippen LogP) is 1.32. The number of nitriles is 1. The zero-order chi connectivity index (χ0) is 8.85. The van der Waals surface area contributed by atoms with E-state index in [0.29, 0.717) is 0 Å². The number of carbonyl (C=O) groups excluding carboxylic acids is 1. The second-order valence-electron chi connectivity index (χ2n) is 2.05. The van der Waals surface area contributed by atoms with E-state index in [1.54, 1.807) is 6.07 Å². The fourth-order valence-electron chi connectivity index (χ4n) is 0.365. The first-order valence-electron chi connectivity index (χ1n) is 2.96. The van der Waals surface area contributed by atoms with Crippen molar-refractivity contribution < 1.29 is 13.9 Å². The second-order valence-corrected chi connectivity index (χ2v) is 2.05. The number of halogens is 1. The largest absolute Gasteiger partial charge is 0.445 e. The highest BCUT2D eigenvalue weighted by molar-refractivity contribution is 5.86. The number of ether oxygens (including phenoxy) is 1. The average Bonchev–Trinajstić information content (AvgIpc) is 1.98. The van der Waals surface area contributed by atoms with Gasteiger partial charge in [0.05, 0.1) is 0 Å². The van der Waals surface area contributed by atoms with Gasteiger partial charge in [-0.15, -0.1) is 0 Å². The highest BCUT2D eigenvalue weighted by Crippen LogP contribution is 2.05. The first kappa shape index (κ1) is 9.63. The summed E-state index contributed by atoms with van der Waals surface area (Å²) in [4.78, 5) is 10.5. The maximum absolute atomic E-state index is 12.5. The molecule has 0 aliphatic heterocycles. The Morgan fingerprint density at radius 2 is 2.18 bits per heavy atom. The van der Waals surface area contributed by atoms with E-state index < -0.39 is 18.4 Å². The zero-order valence-corrected chi connectivity index (χ0v) is 6.35. The van der Waals surface area contributed by atoms with Crippen LogP contribution >= 0.6 is 0 Å². The van der Waals surface area contributed by atoms with Crippen molar-refractivity contribution >= 4 is 5.97 Å². The lowest BCUT2D eigenvalue weighted by Crippen LogP contribution is -2.05. The SMILES string of the molecule is CC(C)=C(F)C(=O)OCC#N. The first-order chi connectivity index (χ1) is 5.09. The van der Waals surface area contributed by atoms with Gasteiger partial charge in [-0.1, -0.05) is 0 Å². The van der Waals surface area contributed by atoms with Gasteiger partial charge in [-0.3, -0.25) is 0 Å². The van der Waals surface area contributed by atoms with Crippen LogP contribution in [0.15, 0.2) is 11.4 Å². The Hall–Kier alpha value is -1.37. The van der Waals surface area contributed by atoms with Crippen molar-refractivity contribution in [3.05, 3.63) is 11.4 Å². The molecule has 0 N–H and O–H groups in total. The molecule has 0 saturated heterocycles. The lowest BCUT2D eigenvalue weighted by atomic mass is 10.3. The molecule has 4 heteroatoms. The van der Waals surface area contributed by atoms with Crippen LogP contribution in [0.1, 0.15) is 13.8 Å². The van der Waals surface area contributed by atoms with E-state index in [1.807, 2.05) is 0 Å². The molecule has 0 aliphatic rings. The van der Waals surface area contributed by atoms with Gasteiger partial charge in [0.15, 0.2) is 6.61 Å². The van der Waals surface area contributed by atoms with E-state index in [4.69, 9.17) is 5.26 Å². The topological polar surface area (TPSA) is 50.1 Å². The highest BCUT2D eigenvalue weighted by Gasteiger charge is 2.10. The number of nitrogens with zero attached hydrogens (tertiary/aromatic N) is 1. The van der Waals surface area contributed by atoms with Crippen molar-refractivity contribution in [3.63, 3.8) is 0 Å². The lowest BCUT2D eigenvalue weighted by Gasteiger charge is -1.97. The molecule has 0 heterocycles. The summed E-state index contributed by atoms with van der Waals surface area (Å²) in [6.45, 7) is 2.48. The monoisotopic (exact) mass is 157 g/mol. The normalized spacial score (nSPS) is 8.18. The Morgan fingerprint density at radius 1 is 1.64 bits per heavy atom. The van der Waals surface area contributed by atoms with Crippen LogP contribution in [0.2, 0.25) is 0 Å². The summed E-state index contributed by atoms with van der Waals surface area (Å²) in [5.41, 5.74) is 0.243. The van der Waals surface area contributed by atoms with Gasteiger partial charge in [0.2, 0.25) is 5.83 Å². The summed E-state index contributed by atoms with van der Waals surface area (Å²) < 4.78 is 16.7. The van der Waals surface area contributed by atoms with Crippen molar-refractivity contribution in [3.8, 4) is 6.07 Å². The molecule has 0 amide bonds. The summed E-state index contributed by atoms with van der Waals surface area (Å²) >= 11 is 0. The van der Waals surface area contributed by atoms with Crippen molar-refractivity contribution in [2.75, 3.05) is 6.61 Å². The van der Waals surface area contributed by atoms with Crippen LogP contribution in [0.4, 0.5) is 4.39 Å². The lowest BCUT2D eigenvalue weighted by molar-refractivity contribution is -0.139. The molecule has 11 heavy (non-hydrogen) atoms. The molecule has 0 bridgehead atoms. The molecular formula is C7H8FNO2. The van der Waals surface area contributed by atoms with Crippen LogP contribution in [-0.4, -0.2) is 12.6 Å². The minimum Gasteiger partial charge on any atom is -0.445 e. The summed E-state index contributed by atoms with van der Waals surface area (Å²) in [6, 6.07) is 1.56. The predicted molar refractivity (Wildman–Crippen MR) is 36.1 cm³/mol. The highest BCUT2D eigenvalue weighted by atomic mass is 19.1. The summed E-state index contributed by atoms with van der Waals surface area (Å²) in [6.07, 6.45) is 0. The molecule has 0 aliphatic carbocycles. The van der Waals surface area contributed by atoms with Crippen molar-refractivity contribution in [2.45, 2.75) is 13.8 Å². The van der Waals surface area contributed by atoms with Crippen LogP contribution < -0.4 is 0 Å². The number of esters is 1. The van der Waals surface area contributed by atoms with Crippen molar-refractivity contribution in [2.24, 2.45) is 0 Å². The van der Waals surface area contributed by atoms with Gasteiger partial charge in [0.1, 0.15) is 6.07 Å². The number of hydrogen-bond acceptors (Lipinski definition) is 3. The third-order valence-corrected chi connectivity index (χ3v) is 0.886. The Kier molecular flexibility index (Phi) is 3.89. The van der Waals surface area contributed by atoms with E-state index in [2.05, 4.69) is 4.74 Å². The quantitative estimate of drug-likeness (QED) is 0.448. The third kappa shape index (κ3) is 3.36. The number of carbonyl (C=O) groups is 1. The van der Waals surface area contributed by atoms with E-state index in [9.17, 15) is 9.18 Å². The van der Waals surface area contributed by atoms with E-state index >= 15 is 0 Å². The molecule has 3 nitrogen and oxygen atoms in total. The molecule has 60 valence electrons. The first-order valence-corrected chi connectivity index (χ1v) is 2.96. The van der Waals surface area contributed by atoms with E-state index in [-0.39, 0.29) is 5.57 Å². The molecule has 0 radical (unpaired) electrons. The van der Waals surface area contributed by atoms with Gasteiger partial charge >= 0.3 is 5.97 Å². The summed E-state index contributed by atoms with van der Waals surface area (Å²) in [5.74, 6) is -2.01. The van der Waals surface area contributed by atoms with Gasteiger partial charge in [-0.2, -0.15) is 9.65 Å². The van der Waals surface area contributed by atoms with Gasteiger partial charge in [-0.05, 0) is 19.4 Å². The Bertz CT molecular complexity index is 223. The van der Waals surface area contributed by atoms with E-state index in [0.717, 1.165) is 0 Å². The van der Waals surface area contributed by atoms with Gasteiger partial charge in [-0.25, -0.2) is 4.79 Å². The summed E-state index contributed by atoms with van der Waals surface area (Å²) in [5, 5.41) is 7.97. The Morgan fingerprint density at radius 3 is 2.55 bits per heavy atom. The van der Waals surface area contributed by atoms with Gasteiger partial charge < -0.3 is 4.74 Å². The fourth-order valence-corrected chi connectivity index (χ4v) is 0.365. The minimum absolute atomic E-state index is 0.243. The van der Waals surface area contributed by atoms with E-state index in [1.165, 1.54) is 13.8 Å². The fraction of sp³-hybridized carbons (Fsp3) is 0.429. The molecule has 0 aromatic heterocycles. The van der Waals surface area contributed by atoms with Crippen LogP contribution in [0.25, 0.3) is 0 Å². The van der Waals surface area contributed by atoms with Crippen LogP contribution in [0, 0.1) is 11.3 Å². The van der Waals surface area contributed by atoms with Crippen molar-refractivity contribution in [1.82, 2.24) is 0 Å². The molecule has 0 aromatic carbocycles. The van der Waals surface area contributed by atoms with Crippen LogP contribution in [0.3, 0.4) is 0 Å². The molecule has 0 spiro atoms. The maximum Gasteiger partial charge on any atom is 0.368 e. The number of rotatable bonds is 2. The molecule has 0 atom stereocenters. The smallest absolute Gasteiger partial charge is 0.368 e. The molecule has 0 fully saturated rings. The standard InChI is InChI=1S/C7H8FNO2/c1-5(2)6(8)7(10)11-4-3-9/h4H2,1-2H3. The Balaban J connectivity index is 4.08. The number of allylic oxidation sites excluding steroid dienone is 1. The maximum atomic E-state index is 12.5. The van der Waals surface area contributed by atoms with Crippen LogP contribution in [-0.2, 0) is 9.53 Å². The zero-order valence-electron chi connectivity index (χ0n) is 6.35. The Labute approximate surface area is 64.1 Å². The third-order valence-electron chi connectivity index (χ3n) is 0.886. The van der Waals surface area contributed by atoms with Gasteiger partial charge in [0, 0.05) is 0 Å². The van der Waals surface area contributed by atoms with Gasteiger partial charge in [0.25, 0.3) is 0 Å².